The summed E-state index contributed by atoms with van der Waals surface area (Å²) in [5.74, 6) is 1.08. The Hall–Kier alpha value is -0.960. The molecule has 1 heterocycles. The van der Waals surface area contributed by atoms with Crippen molar-refractivity contribution in [2.45, 2.75) is 48.3 Å². The summed E-state index contributed by atoms with van der Waals surface area (Å²) in [4.78, 5) is 19.4. The summed E-state index contributed by atoms with van der Waals surface area (Å²) >= 11 is 1.96. The fourth-order valence-corrected chi connectivity index (χ4v) is 4.40. The van der Waals surface area contributed by atoms with Gasteiger partial charge in [0.2, 0.25) is 5.91 Å². The lowest BCUT2D eigenvalue weighted by molar-refractivity contribution is -0.129. The number of hydrogen-bond acceptors (Lipinski definition) is 3. The average molecular weight is 488 g/mol. The number of nitrogens with one attached hydrogen (secondary N) is 2. The van der Waals surface area contributed by atoms with E-state index in [2.05, 4.69) is 46.0 Å². The van der Waals surface area contributed by atoms with E-state index in [-0.39, 0.29) is 29.9 Å². The Morgan fingerprint density at radius 1 is 1.35 bits per heavy atom. The van der Waals surface area contributed by atoms with Gasteiger partial charge >= 0.3 is 0 Å². The lowest BCUT2D eigenvalue weighted by Crippen LogP contribution is -2.46. The molecule has 2 N–H and O–H groups in total. The molecule has 1 aromatic carbocycles. The predicted octanol–water partition coefficient (Wildman–Crippen LogP) is 3.11. The topological polar surface area (TPSA) is 56.7 Å². The van der Waals surface area contributed by atoms with Crippen molar-refractivity contribution in [1.29, 1.82) is 0 Å². The standard InChI is InChI=1S/C19H28N4OS.HI/c1-3-17(24)23-12-9-15(13-23)22-18(20-2)21-14-19(10-11-19)25-16-7-5-4-6-8-16;/h4-8,15H,3,9-14H2,1-2H3,(H2,20,21,22);1H. The van der Waals surface area contributed by atoms with Gasteiger partial charge in [-0.05, 0) is 31.4 Å². The van der Waals surface area contributed by atoms with Crippen LogP contribution in [0.25, 0.3) is 0 Å². The normalized spacial score (nSPS) is 21.1. The van der Waals surface area contributed by atoms with Gasteiger partial charge in [-0.3, -0.25) is 9.79 Å². The van der Waals surface area contributed by atoms with Gasteiger partial charge in [0.05, 0.1) is 0 Å². The molecule has 1 aliphatic heterocycles. The van der Waals surface area contributed by atoms with Crippen molar-refractivity contribution in [2.75, 3.05) is 26.7 Å². The minimum atomic E-state index is 0. The molecule has 0 radical (unpaired) electrons. The number of thioether (sulfide) groups is 1. The molecule has 1 unspecified atom stereocenters. The number of carbonyl (C=O) groups excluding carboxylic acids is 1. The van der Waals surface area contributed by atoms with Crippen molar-refractivity contribution in [1.82, 2.24) is 15.5 Å². The Labute approximate surface area is 177 Å². The second-order valence-corrected chi connectivity index (χ2v) is 8.39. The zero-order valence-electron chi connectivity index (χ0n) is 15.5. The van der Waals surface area contributed by atoms with E-state index in [1.807, 2.05) is 30.6 Å². The molecule has 1 atom stereocenters. The van der Waals surface area contributed by atoms with E-state index in [1.165, 1.54) is 17.7 Å². The van der Waals surface area contributed by atoms with Gasteiger partial charge in [0.1, 0.15) is 0 Å². The summed E-state index contributed by atoms with van der Waals surface area (Å²) in [6.45, 7) is 4.45. The van der Waals surface area contributed by atoms with Crippen LogP contribution in [0.3, 0.4) is 0 Å². The van der Waals surface area contributed by atoms with Crippen molar-refractivity contribution < 1.29 is 4.79 Å². The predicted molar refractivity (Wildman–Crippen MR) is 119 cm³/mol. The zero-order chi connectivity index (χ0) is 17.7. The van der Waals surface area contributed by atoms with Crippen LogP contribution in [0.4, 0.5) is 0 Å². The van der Waals surface area contributed by atoms with Crippen LogP contribution in [0.15, 0.2) is 40.2 Å². The van der Waals surface area contributed by atoms with Crippen molar-refractivity contribution >= 4 is 47.6 Å². The third kappa shape index (κ3) is 5.77. The van der Waals surface area contributed by atoms with Crippen molar-refractivity contribution in [2.24, 2.45) is 4.99 Å². The van der Waals surface area contributed by atoms with Crippen molar-refractivity contribution in [3.8, 4) is 0 Å². The molecule has 1 amide bonds. The third-order valence-corrected chi connectivity index (χ3v) is 6.36. The summed E-state index contributed by atoms with van der Waals surface area (Å²) in [5, 5.41) is 6.97. The van der Waals surface area contributed by atoms with E-state index in [0.29, 0.717) is 17.2 Å². The van der Waals surface area contributed by atoms with Crippen LogP contribution in [0.2, 0.25) is 0 Å². The van der Waals surface area contributed by atoms with Gasteiger partial charge < -0.3 is 15.5 Å². The van der Waals surface area contributed by atoms with Gasteiger partial charge in [0.15, 0.2) is 5.96 Å². The van der Waals surface area contributed by atoms with Gasteiger partial charge in [-0.25, -0.2) is 0 Å². The molecular weight excluding hydrogens is 459 g/mol. The lowest BCUT2D eigenvalue weighted by atomic mass is 10.3. The lowest BCUT2D eigenvalue weighted by Gasteiger charge is -2.21. The Morgan fingerprint density at radius 3 is 2.69 bits per heavy atom. The third-order valence-electron chi connectivity index (χ3n) is 4.87. The Bertz CT molecular complexity index is 621. The largest absolute Gasteiger partial charge is 0.355 e. The molecule has 7 heteroatoms. The maximum absolute atomic E-state index is 11.8. The minimum Gasteiger partial charge on any atom is -0.355 e. The molecule has 0 bridgehead atoms. The quantitative estimate of drug-likeness (QED) is 0.367. The van der Waals surface area contributed by atoms with Gasteiger partial charge in [-0.1, -0.05) is 25.1 Å². The summed E-state index contributed by atoms with van der Waals surface area (Å²) < 4.78 is 0.291. The highest BCUT2D eigenvalue weighted by Crippen LogP contribution is 2.51. The summed E-state index contributed by atoms with van der Waals surface area (Å²) in [7, 11) is 1.81. The Kier molecular flexibility index (Phi) is 8.06. The number of likely N-dealkylation sites (tertiary alicyclic amines) is 1. The molecule has 5 nitrogen and oxygen atoms in total. The molecule has 3 rings (SSSR count). The molecule has 0 aromatic heterocycles. The maximum Gasteiger partial charge on any atom is 0.222 e. The molecule has 1 aliphatic carbocycles. The summed E-state index contributed by atoms with van der Waals surface area (Å²) in [6, 6.07) is 10.9. The average Bonchev–Trinajstić information content (AvgIpc) is 3.24. The van der Waals surface area contributed by atoms with E-state index in [1.54, 1.807) is 0 Å². The number of halogens is 1. The minimum absolute atomic E-state index is 0. The van der Waals surface area contributed by atoms with Crippen molar-refractivity contribution in [3.05, 3.63) is 30.3 Å². The van der Waals surface area contributed by atoms with Crippen LogP contribution in [0, 0.1) is 0 Å². The number of carbonyl (C=O) groups is 1. The number of hydrogen-bond donors (Lipinski definition) is 2. The monoisotopic (exact) mass is 488 g/mol. The van der Waals surface area contributed by atoms with Gasteiger partial charge in [-0.15, -0.1) is 35.7 Å². The number of aliphatic imine (C=N–C) groups is 1. The first-order chi connectivity index (χ1) is 12.1. The van der Waals surface area contributed by atoms with E-state index < -0.39 is 0 Å². The van der Waals surface area contributed by atoms with Crippen LogP contribution in [0.1, 0.15) is 32.6 Å². The van der Waals surface area contributed by atoms with E-state index in [4.69, 9.17) is 0 Å². The Morgan fingerprint density at radius 2 is 2.08 bits per heavy atom. The number of nitrogens with zero attached hydrogens (tertiary/aromatic N) is 2. The first kappa shape index (κ1) is 21.3. The van der Waals surface area contributed by atoms with Crippen LogP contribution < -0.4 is 10.6 Å². The van der Waals surface area contributed by atoms with Crippen LogP contribution in [-0.2, 0) is 4.79 Å². The van der Waals surface area contributed by atoms with Crippen LogP contribution in [0.5, 0.6) is 0 Å². The zero-order valence-corrected chi connectivity index (χ0v) is 18.7. The molecule has 0 spiro atoms. The smallest absolute Gasteiger partial charge is 0.222 e. The first-order valence-corrected chi connectivity index (χ1v) is 9.95. The highest BCUT2D eigenvalue weighted by atomic mass is 127. The Balaban J connectivity index is 0.00000243. The molecule has 2 aliphatic rings. The molecule has 1 saturated heterocycles. The SMILES string of the molecule is CCC(=O)N1CCC(NC(=NC)NCC2(Sc3ccccc3)CC2)C1.I. The van der Waals surface area contributed by atoms with E-state index in [0.717, 1.165) is 32.0 Å². The molecule has 26 heavy (non-hydrogen) atoms. The highest BCUT2D eigenvalue weighted by molar-refractivity contribution is 14.0. The number of rotatable bonds is 6. The van der Waals surface area contributed by atoms with E-state index in [9.17, 15) is 4.79 Å². The first-order valence-electron chi connectivity index (χ1n) is 9.13. The van der Waals surface area contributed by atoms with Gasteiger partial charge in [0.25, 0.3) is 0 Å². The van der Waals surface area contributed by atoms with Gasteiger partial charge in [-0.2, -0.15) is 0 Å². The van der Waals surface area contributed by atoms with Crippen LogP contribution in [-0.4, -0.2) is 54.2 Å². The highest BCUT2D eigenvalue weighted by Gasteiger charge is 2.43. The molecular formula is C19H29IN4OS. The molecule has 1 aromatic rings. The second kappa shape index (κ2) is 9.82. The van der Waals surface area contributed by atoms with Crippen molar-refractivity contribution in [3.63, 3.8) is 0 Å². The molecule has 2 fully saturated rings. The molecule has 144 valence electrons. The van der Waals surface area contributed by atoms with Gasteiger partial charge in [0, 0.05) is 48.8 Å². The summed E-state index contributed by atoms with van der Waals surface area (Å²) in [6.07, 6.45) is 4.03. The number of guanidine groups is 1. The summed E-state index contributed by atoms with van der Waals surface area (Å²) in [5.41, 5.74) is 0. The maximum atomic E-state index is 11.8. The second-order valence-electron chi connectivity index (χ2n) is 6.85. The molecule has 1 saturated carbocycles. The fraction of sp³-hybridized carbons (Fsp3) is 0.579. The fourth-order valence-electron chi connectivity index (χ4n) is 3.15. The van der Waals surface area contributed by atoms with E-state index >= 15 is 0 Å². The number of amides is 1. The van der Waals surface area contributed by atoms with Crippen LogP contribution >= 0.6 is 35.7 Å². The number of benzene rings is 1.